The first-order valence-corrected chi connectivity index (χ1v) is 8.30. The van der Waals surface area contributed by atoms with Crippen LogP contribution in [0.25, 0.3) is 0 Å². The third kappa shape index (κ3) is 2.72. The summed E-state index contributed by atoms with van der Waals surface area (Å²) in [5, 5.41) is 10.1. The van der Waals surface area contributed by atoms with E-state index in [0.717, 1.165) is 16.7 Å². The molecule has 2 aromatic rings. The third-order valence-corrected chi connectivity index (χ3v) is 5.27. The predicted molar refractivity (Wildman–Crippen MR) is 80.4 cm³/mol. The number of benzene rings is 2. The molecule has 1 aliphatic rings. The summed E-state index contributed by atoms with van der Waals surface area (Å²) in [4.78, 5) is 0.213. The molecule has 0 aliphatic heterocycles. The van der Waals surface area contributed by atoms with Gasteiger partial charge < -0.3 is 5.11 Å². The Labute approximate surface area is 124 Å². The molecule has 4 nitrogen and oxygen atoms in total. The van der Waals surface area contributed by atoms with Crippen LogP contribution in [-0.4, -0.2) is 19.6 Å². The number of sulfonamides is 1. The van der Waals surface area contributed by atoms with E-state index in [0.29, 0.717) is 6.42 Å². The summed E-state index contributed by atoms with van der Waals surface area (Å²) in [7, 11) is -3.65. The van der Waals surface area contributed by atoms with Crippen LogP contribution in [0.4, 0.5) is 0 Å². The van der Waals surface area contributed by atoms with Gasteiger partial charge in [0.1, 0.15) is 0 Å². The Balaban J connectivity index is 1.91. The standard InChI is InChI=1S/C16H17NO3S/c1-11-6-8-13(9-7-11)21(19,20)17-16-14-5-3-2-4-12(14)10-15(16)18/h2-9,15-18H,10H2,1H3/t15-,16+/m0/s1. The minimum Gasteiger partial charge on any atom is -0.391 e. The van der Waals surface area contributed by atoms with Crippen LogP contribution < -0.4 is 4.72 Å². The normalized spacial score (nSPS) is 21.2. The van der Waals surface area contributed by atoms with Crippen LogP contribution in [-0.2, 0) is 16.4 Å². The second-order valence-electron chi connectivity index (χ2n) is 5.38. The molecule has 2 atom stereocenters. The van der Waals surface area contributed by atoms with Gasteiger partial charge in [-0.2, -0.15) is 0 Å². The van der Waals surface area contributed by atoms with Crippen LogP contribution in [0.1, 0.15) is 22.7 Å². The highest BCUT2D eigenvalue weighted by Crippen LogP contribution is 2.32. The first-order valence-electron chi connectivity index (χ1n) is 6.82. The average Bonchev–Trinajstić information content (AvgIpc) is 2.75. The Morgan fingerprint density at radius 3 is 2.48 bits per heavy atom. The molecule has 1 aliphatic carbocycles. The number of fused-ring (bicyclic) bond motifs is 1. The van der Waals surface area contributed by atoms with Crippen molar-refractivity contribution in [3.05, 3.63) is 65.2 Å². The summed E-state index contributed by atoms with van der Waals surface area (Å²) in [6, 6.07) is 13.6. The quantitative estimate of drug-likeness (QED) is 0.910. The number of aliphatic hydroxyl groups excluding tert-OH is 1. The summed E-state index contributed by atoms with van der Waals surface area (Å²) < 4.78 is 27.5. The Hall–Kier alpha value is -1.69. The first kappa shape index (κ1) is 14.3. The molecule has 0 saturated carbocycles. The second-order valence-corrected chi connectivity index (χ2v) is 7.10. The SMILES string of the molecule is Cc1ccc(S(=O)(=O)N[C@@H]2c3ccccc3C[C@@H]2O)cc1. The molecule has 0 unspecified atom stereocenters. The first-order chi connectivity index (χ1) is 9.97. The molecule has 0 radical (unpaired) electrons. The molecule has 2 aromatic carbocycles. The fraction of sp³-hybridized carbons (Fsp3) is 0.250. The van der Waals surface area contributed by atoms with Gasteiger partial charge in [0.25, 0.3) is 0 Å². The Morgan fingerprint density at radius 2 is 1.76 bits per heavy atom. The van der Waals surface area contributed by atoms with E-state index < -0.39 is 22.2 Å². The lowest BCUT2D eigenvalue weighted by Crippen LogP contribution is -2.33. The number of aryl methyl sites for hydroxylation is 1. The molecular formula is C16H17NO3S. The van der Waals surface area contributed by atoms with Crippen LogP contribution in [0, 0.1) is 6.92 Å². The zero-order chi connectivity index (χ0) is 15.0. The fourth-order valence-corrected chi connectivity index (χ4v) is 3.92. The van der Waals surface area contributed by atoms with Gasteiger partial charge in [-0.15, -0.1) is 0 Å². The van der Waals surface area contributed by atoms with Crippen LogP contribution in [0.5, 0.6) is 0 Å². The number of hydrogen-bond donors (Lipinski definition) is 2. The number of hydrogen-bond acceptors (Lipinski definition) is 3. The van der Waals surface area contributed by atoms with E-state index in [9.17, 15) is 13.5 Å². The minimum absolute atomic E-state index is 0.213. The monoisotopic (exact) mass is 303 g/mol. The maximum Gasteiger partial charge on any atom is 0.241 e. The molecule has 0 heterocycles. The summed E-state index contributed by atoms with van der Waals surface area (Å²) in [5.74, 6) is 0. The van der Waals surface area contributed by atoms with E-state index in [1.165, 1.54) is 0 Å². The van der Waals surface area contributed by atoms with Crippen molar-refractivity contribution in [3.8, 4) is 0 Å². The fourth-order valence-electron chi connectivity index (χ4n) is 2.67. The Morgan fingerprint density at radius 1 is 1.10 bits per heavy atom. The molecule has 5 heteroatoms. The van der Waals surface area contributed by atoms with Gasteiger partial charge in [0.2, 0.25) is 10.0 Å². The molecule has 21 heavy (non-hydrogen) atoms. The van der Waals surface area contributed by atoms with Crippen molar-refractivity contribution in [2.24, 2.45) is 0 Å². The number of aliphatic hydroxyl groups is 1. The van der Waals surface area contributed by atoms with Gasteiger partial charge in [0.15, 0.2) is 0 Å². The van der Waals surface area contributed by atoms with Crippen molar-refractivity contribution >= 4 is 10.0 Å². The summed E-state index contributed by atoms with van der Waals surface area (Å²) in [6.45, 7) is 1.90. The highest BCUT2D eigenvalue weighted by molar-refractivity contribution is 7.89. The van der Waals surface area contributed by atoms with Crippen molar-refractivity contribution in [1.29, 1.82) is 0 Å². The zero-order valence-corrected chi connectivity index (χ0v) is 12.5. The van der Waals surface area contributed by atoms with Crippen LogP contribution in [0.3, 0.4) is 0 Å². The molecule has 0 bridgehead atoms. The van der Waals surface area contributed by atoms with E-state index in [-0.39, 0.29) is 4.90 Å². The molecular weight excluding hydrogens is 286 g/mol. The summed E-state index contributed by atoms with van der Waals surface area (Å²) in [6.07, 6.45) is -0.264. The zero-order valence-electron chi connectivity index (χ0n) is 11.7. The third-order valence-electron chi connectivity index (χ3n) is 3.82. The molecule has 0 amide bonds. The van der Waals surface area contributed by atoms with Gasteiger partial charge in [0.05, 0.1) is 17.0 Å². The molecule has 0 spiro atoms. The lowest BCUT2D eigenvalue weighted by atomic mass is 10.1. The molecule has 0 aromatic heterocycles. The van der Waals surface area contributed by atoms with Gasteiger partial charge in [-0.25, -0.2) is 13.1 Å². The van der Waals surface area contributed by atoms with E-state index in [4.69, 9.17) is 0 Å². The van der Waals surface area contributed by atoms with E-state index >= 15 is 0 Å². The van der Waals surface area contributed by atoms with Gasteiger partial charge in [0, 0.05) is 6.42 Å². The van der Waals surface area contributed by atoms with Crippen molar-refractivity contribution in [2.45, 2.75) is 30.4 Å². The van der Waals surface area contributed by atoms with E-state index in [1.807, 2.05) is 31.2 Å². The van der Waals surface area contributed by atoms with E-state index in [1.54, 1.807) is 24.3 Å². The van der Waals surface area contributed by atoms with E-state index in [2.05, 4.69) is 4.72 Å². The molecule has 2 N–H and O–H groups in total. The Kier molecular flexibility index (Phi) is 3.57. The lowest BCUT2D eigenvalue weighted by Gasteiger charge is -2.18. The van der Waals surface area contributed by atoms with Crippen LogP contribution in [0.15, 0.2) is 53.4 Å². The van der Waals surface area contributed by atoms with Crippen molar-refractivity contribution in [2.75, 3.05) is 0 Å². The summed E-state index contributed by atoms with van der Waals surface area (Å²) >= 11 is 0. The smallest absolute Gasteiger partial charge is 0.241 e. The predicted octanol–water partition coefficient (Wildman–Crippen LogP) is 1.93. The maximum atomic E-state index is 12.4. The molecule has 0 fully saturated rings. The molecule has 110 valence electrons. The van der Waals surface area contributed by atoms with Gasteiger partial charge in [-0.1, -0.05) is 42.0 Å². The molecule has 3 rings (SSSR count). The highest BCUT2D eigenvalue weighted by Gasteiger charge is 2.34. The van der Waals surface area contributed by atoms with Crippen LogP contribution >= 0.6 is 0 Å². The minimum atomic E-state index is -3.65. The largest absolute Gasteiger partial charge is 0.391 e. The van der Waals surface area contributed by atoms with Crippen molar-refractivity contribution < 1.29 is 13.5 Å². The lowest BCUT2D eigenvalue weighted by molar-refractivity contribution is 0.151. The van der Waals surface area contributed by atoms with Crippen molar-refractivity contribution in [1.82, 2.24) is 4.72 Å². The van der Waals surface area contributed by atoms with Gasteiger partial charge >= 0.3 is 0 Å². The van der Waals surface area contributed by atoms with Gasteiger partial charge in [-0.05, 0) is 30.2 Å². The molecule has 0 saturated heterocycles. The highest BCUT2D eigenvalue weighted by atomic mass is 32.2. The van der Waals surface area contributed by atoms with Crippen LogP contribution in [0.2, 0.25) is 0 Å². The second kappa shape index (κ2) is 5.26. The Bertz CT molecular complexity index is 753. The summed E-state index contributed by atoms with van der Waals surface area (Å²) in [5.41, 5.74) is 2.84. The maximum absolute atomic E-state index is 12.4. The number of nitrogens with one attached hydrogen (secondary N) is 1. The van der Waals surface area contributed by atoms with Crippen molar-refractivity contribution in [3.63, 3.8) is 0 Å². The number of rotatable bonds is 3. The van der Waals surface area contributed by atoms with Gasteiger partial charge in [-0.3, -0.25) is 0 Å². The topological polar surface area (TPSA) is 66.4 Å². The average molecular weight is 303 g/mol.